The zero-order chi connectivity index (χ0) is 26.4. The average molecular weight is 507 g/mol. The lowest BCUT2D eigenvalue weighted by Crippen LogP contribution is -2.49. The monoisotopic (exact) mass is 506 g/mol. The summed E-state index contributed by atoms with van der Waals surface area (Å²) < 4.78 is 16.8. The summed E-state index contributed by atoms with van der Waals surface area (Å²) in [4.78, 5) is 32.2. The fourth-order valence-corrected chi connectivity index (χ4v) is 5.03. The topological polar surface area (TPSA) is 98.2 Å². The van der Waals surface area contributed by atoms with Crippen LogP contribution in [0.4, 0.5) is 5.69 Å². The fourth-order valence-electron chi connectivity index (χ4n) is 5.03. The third-order valence-corrected chi connectivity index (χ3v) is 7.00. The molecule has 0 spiro atoms. The lowest BCUT2D eigenvalue weighted by Gasteiger charge is -2.36. The first-order valence-electron chi connectivity index (χ1n) is 12.6. The number of rotatable bonds is 10. The molecule has 1 saturated carbocycles. The van der Waals surface area contributed by atoms with Crippen molar-refractivity contribution in [1.29, 1.82) is 0 Å². The molecule has 0 saturated heterocycles. The number of ether oxygens (including phenoxy) is 3. The molecule has 3 aromatic rings. The Balaban J connectivity index is 1.73. The van der Waals surface area contributed by atoms with E-state index < -0.39 is 12.0 Å². The molecule has 0 bridgehead atoms. The Morgan fingerprint density at radius 2 is 1.73 bits per heavy atom. The van der Waals surface area contributed by atoms with Crippen molar-refractivity contribution in [2.24, 2.45) is 11.8 Å². The number of aromatic nitrogens is 1. The van der Waals surface area contributed by atoms with E-state index in [0.29, 0.717) is 23.2 Å². The van der Waals surface area contributed by atoms with Crippen LogP contribution in [0.3, 0.4) is 0 Å². The molecule has 4 rings (SSSR count). The highest BCUT2D eigenvalue weighted by Crippen LogP contribution is 2.35. The number of carboxylic acid groups (broad SMARTS) is 1. The van der Waals surface area contributed by atoms with Gasteiger partial charge in [-0.25, -0.2) is 9.78 Å². The maximum Gasteiger partial charge on any atom is 0.337 e. The predicted molar refractivity (Wildman–Crippen MR) is 141 cm³/mol. The van der Waals surface area contributed by atoms with E-state index in [1.807, 2.05) is 30.3 Å². The minimum Gasteiger partial charge on any atom is -0.478 e. The van der Waals surface area contributed by atoms with Gasteiger partial charge in [0.2, 0.25) is 11.8 Å². The number of benzene rings is 2. The SMILES string of the molecule is COCC(COC)N(C(=O)C1CCC(C)CC1)c1ccc(Oc2nccc3ccccc23)cc1C(=O)O. The third kappa shape index (κ3) is 6.09. The van der Waals surface area contributed by atoms with Gasteiger partial charge in [0, 0.05) is 31.7 Å². The first-order valence-corrected chi connectivity index (χ1v) is 12.6. The molecule has 1 N–H and O–H groups in total. The Bertz CT molecular complexity index is 1230. The molecule has 1 aliphatic rings. The van der Waals surface area contributed by atoms with Gasteiger partial charge in [-0.2, -0.15) is 0 Å². The number of nitrogens with zero attached hydrogens (tertiary/aromatic N) is 2. The number of anilines is 1. The first-order chi connectivity index (χ1) is 17.9. The molecule has 1 amide bonds. The standard InChI is InChI=1S/C29H34N2O6/c1-19-8-10-21(11-9-19)28(32)31(22(17-35-2)18-36-3)26-13-12-23(16-25(26)29(33)34)37-27-24-7-5-4-6-20(24)14-15-30-27/h4-7,12-16,19,21-22H,8-11,17-18H2,1-3H3,(H,33,34). The van der Waals surface area contributed by atoms with E-state index in [2.05, 4.69) is 11.9 Å². The van der Waals surface area contributed by atoms with Crippen LogP contribution in [-0.2, 0) is 14.3 Å². The molecule has 0 atom stereocenters. The van der Waals surface area contributed by atoms with Gasteiger partial charge in [-0.3, -0.25) is 4.79 Å². The van der Waals surface area contributed by atoms with Gasteiger partial charge in [0.25, 0.3) is 0 Å². The highest BCUT2D eigenvalue weighted by atomic mass is 16.5. The van der Waals surface area contributed by atoms with Gasteiger partial charge in [0.05, 0.1) is 30.5 Å². The van der Waals surface area contributed by atoms with Crippen molar-refractivity contribution in [2.75, 3.05) is 32.3 Å². The third-order valence-electron chi connectivity index (χ3n) is 7.00. The van der Waals surface area contributed by atoms with Gasteiger partial charge in [0.15, 0.2) is 0 Å². The predicted octanol–water partition coefficient (Wildman–Crippen LogP) is 5.55. The molecule has 1 aromatic heterocycles. The Morgan fingerprint density at radius 3 is 2.41 bits per heavy atom. The number of hydrogen-bond donors (Lipinski definition) is 1. The molecule has 8 nitrogen and oxygen atoms in total. The van der Waals surface area contributed by atoms with Gasteiger partial charge < -0.3 is 24.2 Å². The van der Waals surface area contributed by atoms with Crippen LogP contribution in [0, 0.1) is 11.8 Å². The number of fused-ring (bicyclic) bond motifs is 1. The summed E-state index contributed by atoms with van der Waals surface area (Å²) in [7, 11) is 3.11. The number of carbonyl (C=O) groups is 2. The van der Waals surface area contributed by atoms with Crippen molar-refractivity contribution >= 4 is 28.3 Å². The van der Waals surface area contributed by atoms with E-state index in [9.17, 15) is 14.7 Å². The number of methoxy groups -OCH3 is 2. The van der Waals surface area contributed by atoms with Crippen molar-refractivity contribution in [2.45, 2.75) is 38.6 Å². The molecule has 196 valence electrons. The molecular weight excluding hydrogens is 472 g/mol. The summed E-state index contributed by atoms with van der Waals surface area (Å²) in [5.41, 5.74) is 0.265. The normalized spacial score (nSPS) is 17.6. The Hall–Kier alpha value is -3.49. The molecule has 8 heteroatoms. The largest absolute Gasteiger partial charge is 0.478 e. The summed E-state index contributed by atoms with van der Waals surface area (Å²) in [5.74, 6) is -0.153. The van der Waals surface area contributed by atoms with E-state index in [0.717, 1.165) is 36.5 Å². The average Bonchev–Trinajstić information content (AvgIpc) is 2.90. The second kappa shape index (κ2) is 12.2. The number of pyridine rings is 1. The zero-order valence-corrected chi connectivity index (χ0v) is 21.6. The van der Waals surface area contributed by atoms with Gasteiger partial charge >= 0.3 is 5.97 Å². The van der Waals surface area contributed by atoms with E-state index in [4.69, 9.17) is 14.2 Å². The van der Waals surface area contributed by atoms with Crippen molar-refractivity contribution in [3.05, 3.63) is 60.3 Å². The second-order valence-electron chi connectivity index (χ2n) is 9.65. The van der Waals surface area contributed by atoms with Crippen molar-refractivity contribution in [3.8, 4) is 11.6 Å². The highest BCUT2D eigenvalue weighted by Gasteiger charge is 2.35. The van der Waals surface area contributed by atoms with Crippen LogP contribution in [-0.4, -0.2) is 55.4 Å². The molecule has 1 heterocycles. The van der Waals surface area contributed by atoms with Crippen LogP contribution in [0.25, 0.3) is 10.8 Å². The summed E-state index contributed by atoms with van der Waals surface area (Å²) in [6.07, 6.45) is 5.15. The molecule has 37 heavy (non-hydrogen) atoms. The maximum absolute atomic E-state index is 13.9. The molecule has 0 unspecified atom stereocenters. The van der Waals surface area contributed by atoms with Crippen molar-refractivity contribution in [3.63, 3.8) is 0 Å². The minimum atomic E-state index is -1.16. The fraction of sp³-hybridized carbons (Fsp3) is 0.414. The number of carboxylic acids is 1. The van der Waals surface area contributed by atoms with E-state index >= 15 is 0 Å². The van der Waals surface area contributed by atoms with E-state index in [1.54, 1.807) is 37.4 Å². The molecule has 0 radical (unpaired) electrons. The van der Waals surface area contributed by atoms with Crippen LogP contribution in [0.1, 0.15) is 43.0 Å². The summed E-state index contributed by atoms with van der Waals surface area (Å²) in [6.45, 7) is 2.61. The molecular formula is C29H34N2O6. The number of amides is 1. The summed E-state index contributed by atoms with van der Waals surface area (Å²) in [6, 6.07) is 13.8. The zero-order valence-electron chi connectivity index (χ0n) is 21.6. The lowest BCUT2D eigenvalue weighted by molar-refractivity contribution is -0.124. The minimum absolute atomic E-state index is 0.0347. The number of hydrogen-bond acceptors (Lipinski definition) is 6. The molecule has 0 aliphatic heterocycles. The van der Waals surface area contributed by atoms with Crippen LogP contribution in [0.2, 0.25) is 0 Å². The smallest absolute Gasteiger partial charge is 0.337 e. The maximum atomic E-state index is 13.9. The van der Waals surface area contributed by atoms with Crippen LogP contribution >= 0.6 is 0 Å². The lowest BCUT2D eigenvalue weighted by atomic mass is 9.82. The Kier molecular flexibility index (Phi) is 8.74. The highest BCUT2D eigenvalue weighted by molar-refractivity contribution is 6.03. The summed E-state index contributed by atoms with van der Waals surface area (Å²) in [5, 5.41) is 11.9. The molecule has 1 aliphatic carbocycles. The number of aromatic carboxylic acids is 1. The van der Waals surface area contributed by atoms with E-state index in [-0.39, 0.29) is 30.6 Å². The van der Waals surface area contributed by atoms with Crippen molar-refractivity contribution < 1.29 is 28.9 Å². The van der Waals surface area contributed by atoms with Gasteiger partial charge in [-0.1, -0.05) is 25.1 Å². The second-order valence-corrected chi connectivity index (χ2v) is 9.65. The first kappa shape index (κ1) is 26.6. The quantitative estimate of drug-likeness (QED) is 0.385. The van der Waals surface area contributed by atoms with Crippen LogP contribution < -0.4 is 9.64 Å². The number of carbonyl (C=O) groups excluding carboxylic acids is 1. The van der Waals surface area contributed by atoms with Gasteiger partial charge in [-0.05, 0) is 67.3 Å². The Labute approximate surface area is 217 Å². The van der Waals surface area contributed by atoms with Gasteiger partial charge in [-0.15, -0.1) is 0 Å². The van der Waals surface area contributed by atoms with Gasteiger partial charge in [0.1, 0.15) is 5.75 Å². The summed E-state index contributed by atoms with van der Waals surface area (Å²) >= 11 is 0. The van der Waals surface area contributed by atoms with Crippen LogP contribution in [0.15, 0.2) is 54.7 Å². The molecule has 1 fully saturated rings. The van der Waals surface area contributed by atoms with E-state index in [1.165, 1.54) is 6.07 Å². The van der Waals surface area contributed by atoms with Crippen molar-refractivity contribution in [1.82, 2.24) is 4.98 Å². The Morgan fingerprint density at radius 1 is 1.03 bits per heavy atom. The molecule has 2 aromatic carbocycles. The van der Waals surface area contributed by atoms with Crippen LogP contribution in [0.5, 0.6) is 11.6 Å².